The number of ether oxygens (including phenoxy) is 1. The first-order valence-corrected chi connectivity index (χ1v) is 7.28. The standard InChI is InChI=1S/C16H18ClNO3/c1-11(2)5-6-21-16(20)9-18-8-12(10-19)14-7-13(17)3-4-15(14)18/h3-4,7-8,10-11H,5-6,9H2,1-2H3. The number of hydrogen-bond donors (Lipinski definition) is 0. The Morgan fingerprint density at radius 1 is 1.43 bits per heavy atom. The Hall–Kier alpha value is -1.81. The first-order valence-electron chi connectivity index (χ1n) is 6.90. The van der Waals surface area contributed by atoms with Crippen molar-refractivity contribution >= 4 is 34.8 Å². The molecule has 112 valence electrons. The predicted molar refractivity (Wildman–Crippen MR) is 82.7 cm³/mol. The van der Waals surface area contributed by atoms with Gasteiger partial charge in [-0.3, -0.25) is 9.59 Å². The van der Waals surface area contributed by atoms with Crippen LogP contribution in [0.3, 0.4) is 0 Å². The third-order valence-corrected chi connectivity index (χ3v) is 3.49. The minimum Gasteiger partial charge on any atom is -0.464 e. The van der Waals surface area contributed by atoms with Crippen LogP contribution in [-0.4, -0.2) is 23.4 Å². The Balaban J connectivity index is 2.15. The first-order chi connectivity index (χ1) is 10.0. The van der Waals surface area contributed by atoms with Crippen LogP contribution in [0.15, 0.2) is 24.4 Å². The van der Waals surface area contributed by atoms with Gasteiger partial charge in [-0.15, -0.1) is 0 Å². The number of nitrogens with zero attached hydrogens (tertiary/aromatic N) is 1. The molecule has 0 saturated carbocycles. The number of carbonyl (C=O) groups excluding carboxylic acids is 2. The highest BCUT2D eigenvalue weighted by atomic mass is 35.5. The first kappa shape index (κ1) is 15.6. The molecule has 0 N–H and O–H groups in total. The largest absolute Gasteiger partial charge is 0.464 e. The fraction of sp³-hybridized carbons (Fsp3) is 0.375. The van der Waals surface area contributed by atoms with Crippen LogP contribution >= 0.6 is 11.6 Å². The van der Waals surface area contributed by atoms with E-state index in [9.17, 15) is 9.59 Å². The highest BCUT2D eigenvalue weighted by Gasteiger charge is 2.12. The summed E-state index contributed by atoms with van der Waals surface area (Å²) in [5.74, 6) is 0.189. The van der Waals surface area contributed by atoms with E-state index in [2.05, 4.69) is 13.8 Å². The second-order valence-electron chi connectivity index (χ2n) is 5.39. The molecule has 0 aliphatic rings. The summed E-state index contributed by atoms with van der Waals surface area (Å²) >= 11 is 5.94. The molecule has 5 heteroatoms. The molecule has 21 heavy (non-hydrogen) atoms. The molecule has 0 aliphatic carbocycles. The van der Waals surface area contributed by atoms with Crippen molar-refractivity contribution in [3.05, 3.63) is 35.0 Å². The summed E-state index contributed by atoms with van der Waals surface area (Å²) in [5, 5.41) is 1.30. The zero-order valence-electron chi connectivity index (χ0n) is 12.1. The van der Waals surface area contributed by atoms with Crippen LogP contribution in [0.4, 0.5) is 0 Å². The molecule has 0 atom stereocenters. The maximum absolute atomic E-state index is 11.8. The fourth-order valence-electron chi connectivity index (χ4n) is 2.11. The van der Waals surface area contributed by atoms with Gasteiger partial charge in [-0.05, 0) is 30.5 Å². The van der Waals surface area contributed by atoms with E-state index < -0.39 is 0 Å². The van der Waals surface area contributed by atoms with E-state index in [1.807, 2.05) is 0 Å². The SMILES string of the molecule is CC(C)CCOC(=O)Cn1cc(C=O)c2cc(Cl)ccc21. The molecule has 1 aromatic carbocycles. The smallest absolute Gasteiger partial charge is 0.325 e. The lowest BCUT2D eigenvalue weighted by atomic mass is 10.1. The normalized spacial score (nSPS) is 11.0. The highest BCUT2D eigenvalue weighted by Crippen LogP contribution is 2.24. The predicted octanol–water partition coefficient (Wildman–Crippen LogP) is 3.70. The summed E-state index contributed by atoms with van der Waals surface area (Å²) in [6.45, 7) is 4.66. The van der Waals surface area contributed by atoms with Crippen LogP contribution in [-0.2, 0) is 16.1 Å². The molecule has 0 aliphatic heterocycles. The maximum atomic E-state index is 11.8. The summed E-state index contributed by atoms with van der Waals surface area (Å²) < 4.78 is 6.91. The molecule has 0 radical (unpaired) electrons. The fourth-order valence-corrected chi connectivity index (χ4v) is 2.29. The van der Waals surface area contributed by atoms with Gasteiger partial charge >= 0.3 is 5.97 Å². The number of aromatic nitrogens is 1. The van der Waals surface area contributed by atoms with Crippen molar-refractivity contribution in [1.82, 2.24) is 4.57 Å². The Bertz CT molecular complexity index is 661. The Morgan fingerprint density at radius 2 is 2.19 bits per heavy atom. The molecule has 1 heterocycles. The molecule has 0 bridgehead atoms. The Labute approximate surface area is 128 Å². The summed E-state index contributed by atoms with van der Waals surface area (Å²) in [7, 11) is 0. The molecule has 0 spiro atoms. The van der Waals surface area contributed by atoms with Crippen LogP contribution in [0.1, 0.15) is 30.6 Å². The van der Waals surface area contributed by atoms with E-state index in [1.54, 1.807) is 29.0 Å². The average Bonchev–Trinajstić information content (AvgIpc) is 2.75. The maximum Gasteiger partial charge on any atom is 0.325 e. The van der Waals surface area contributed by atoms with E-state index in [0.29, 0.717) is 23.1 Å². The number of esters is 1. The number of benzene rings is 1. The van der Waals surface area contributed by atoms with E-state index in [1.165, 1.54) is 0 Å². The van der Waals surface area contributed by atoms with Crippen molar-refractivity contribution in [3.8, 4) is 0 Å². The van der Waals surface area contributed by atoms with Crippen molar-refractivity contribution in [3.63, 3.8) is 0 Å². The van der Waals surface area contributed by atoms with Crippen LogP contribution in [0, 0.1) is 5.92 Å². The molecule has 1 aromatic heterocycles. The van der Waals surface area contributed by atoms with E-state index in [0.717, 1.165) is 23.6 Å². The van der Waals surface area contributed by atoms with Crippen LogP contribution in [0.5, 0.6) is 0 Å². The second kappa shape index (κ2) is 6.76. The number of carbonyl (C=O) groups is 2. The molecule has 0 amide bonds. The van der Waals surface area contributed by atoms with E-state index in [-0.39, 0.29) is 12.5 Å². The molecule has 0 saturated heterocycles. The lowest BCUT2D eigenvalue weighted by Gasteiger charge is -2.08. The van der Waals surface area contributed by atoms with Gasteiger partial charge in [0.2, 0.25) is 0 Å². The number of fused-ring (bicyclic) bond motifs is 1. The molecule has 0 unspecified atom stereocenters. The van der Waals surface area contributed by atoms with E-state index in [4.69, 9.17) is 16.3 Å². The van der Waals surface area contributed by atoms with Gasteiger partial charge in [-0.1, -0.05) is 25.4 Å². The molecule has 4 nitrogen and oxygen atoms in total. The van der Waals surface area contributed by atoms with Crippen molar-refractivity contribution < 1.29 is 14.3 Å². The average molecular weight is 308 g/mol. The summed E-state index contributed by atoms with van der Waals surface area (Å²) in [6, 6.07) is 5.26. The van der Waals surface area contributed by atoms with Gasteiger partial charge in [-0.2, -0.15) is 0 Å². The number of halogens is 1. The molecule has 2 rings (SSSR count). The lowest BCUT2D eigenvalue weighted by Crippen LogP contribution is -2.14. The third-order valence-electron chi connectivity index (χ3n) is 3.26. The van der Waals surface area contributed by atoms with Crippen molar-refractivity contribution in [2.75, 3.05) is 6.61 Å². The van der Waals surface area contributed by atoms with Gasteiger partial charge in [0.05, 0.1) is 6.61 Å². The molecule has 0 fully saturated rings. The third kappa shape index (κ3) is 3.85. The van der Waals surface area contributed by atoms with Crippen LogP contribution < -0.4 is 0 Å². The van der Waals surface area contributed by atoms with Crippen LogP contribution in [0.2, 0.25) is 5.02 Å². The van der Waals surface area contributed by atoms with Gasteiger partial charge in [0.25, 0.3) is 0 Å². The van der Waals surface area contributed by atoms with E-state index >= 15 is 0 Å². The van der Waals surface area contributed by atoms with Crippen molar-refractivity contribution in [2.45, 2.75) is 26.8 Å². The molecular formula is C16H18ClNO3. The summed E-state index contributed by atoms with van der Waals surface area (Å²) in [6.07, 6.45) is 3.25. The zero-order valence-corrected chi connectivity index (χ0v) is 12.9. The minimum atomic E-state index is -0.306. The summed E-state index contributed by atoms with van der Waals surface area (Å²) in [5.41, 5.74) is 1.31. The molecular weight excluding hydrogens is 290 g/mol. The van der Waals surface area contributed by atoms with Crippen LogP contribution in [0.25, 0.3) is 10.9 Å². The second-order valence-corrected chi connectivity index (χ2v) is 5.83. The minimum absolute atomic E-state index is 0.0874. The lowest BCUT2D eigenvalue weighted by molar-refractivity contribution is -0.144. The van der Waals surface area contributed by atoms with Gasteiger partial charge in [0.15, 0.2) is 6.29 Å². The number of aldehydes is 1. The Kier molecular flexibility index (Phi) is 5.02. The number of rotatable bonds is 6. The highest BCUT2D eigenvalue weighted by molar-refractivity contribution is 6.31. The topological polar surface area (TPSA) is 48.3 Å². The van der Waals surface area contributed by atoms with Crippen molar-refractivity contribution in [1.29, 1.82) is 0 Å². The monoisotopic (exact) mass is 307 g/mol. The quantitative estimate of drug-likeness (QED) is 0.604. The van der Waals surface area contributed by atoms with Gasteiger partial charge in [-0.25, -0.2) is 0 Å². The number of hydrogen-bond acceptors (Lipinski definition) is 3. The van der Waals surface area contributed by atoms with Gasteiger partial charge < -0.3 is 9.30 Å². The Morgan fingerprint density at radius 3 is 2.86 bits per heavy atom. The molecule has 2 aromatic rings. The zero-order chi connectivity index (χ0) is 15.4. The van der Waals surface area contributed by atoms with Gasteiger partial charge in [0, 0.05) is 27.7 Å². The van der Waals surface area contributed by atoms with Crippen molar-refractivity contribution in [2.24, 2.45) is 5.92 Å². The summed E-state index contributed by atoms with van der Waals surface area (Å²) in [4.78, 5) is 22.9. The van der Waals surface area contributed by atoms with Gasteiger partial charge in [0.1, 0.15) is 6.54 Å².